The number of hydrogen-bond acceptors (Lipinski definition) is 4. The molecule has 0 unspecified atom stereocenters. The Morgan fingerprint density at radius 3 is 2.43 bits per heavy atom. The summed E-state index contributed by atoms with van der Waals surface area (Å²) in [5, 5.41) is 14.8. The number of nitro groups is 1. The van der Waals surface area contributed by atoms with E-state index < -0.39 is 28.4 Å². The number of halogens is 4. The van der Waals surface area contributed by atoms with Crippen molar-refractivity contribution in [2.24, 2.45) is 7.05 Å². The van der Waals surface area contributed by atoms with Gasteiger partial charge in [-0.2, -0.15) is 13.2 Å². The second-order valence-electron chi connectivity index (χ2n) is 6.01. The van der Waals surface area contributed by atoms with Crippen LogP contribution in [0.2, 0.25) is 5.02 Å². The minimum absolute atomic E-state index is 0.0547. The first-order chi connectivity index (χ1) is 13.2. The molecule has 0 fully saturated rings. The van der Waals surface area contributed by atoms with Crippen LogP contribution in [0.15, 0.2) is 54.9 Å². The monoisotopic (exact) mass is 410 g/mol. The van der Waals surface area contributed by atoms with Crippen LogP contribution in [0.5, 0.6) is 0 Å². The topological polar surface area (TPSA) is 73.0 Å². The highest BCUT2D eigenvalue weighted by atomic mass is 35.5. The average Bonchev–Trinajstić information content (AvgIpc) is 3.05. The van der Waals surface area contributed by atoms with Gasteiger partial charge in [0.05, 0.1) is 10.5 Å². The smallest absolute Gasteiger partial charge is 0.366 e. The van der Waals surface area contributed by atoms with Crippen LogP contribution in [0.3, 0.4) is 0 Å². The molecule has 0 aliphatic rings. The lowest BCUT2D eigenvalue weighted by Gasteiger charge is -2.21. The number of anilines is 1. The van der Waals surface area contributed by atoms with Gasteiger partial charge in [0.25, 0.3) is 5.69 Å². The number of aryl methyl sites for hydroxylation is 1. The predicted molar refractivity (Wildman–Crippen MR) is 98.2 cm³/mol. The van der Waals surface area contributed by atoms with Crippen LogP contribution in [0.4, 0.5) is 24.5 Å². The van der Waals surface area contributed by atoms with Crippen molar-refractivity contribution in [3.8, 4) is 0 Å². The Balaban J connectivity index is 2.07. The van der Waals surface area contributed by atoms with Gasteiger partial charge < -0.3 is 9.88 Å². The van der Waals surface area contributed by atoms with E-state index in [9.17, 15) is 23.3 Å². The Kier molecular flexibility index (Phi) is 5.28. The SMILES string of the molecule is Cn1ccnc1[C@H](Nc1ccc(C(F)(F)F)cc1[N+](=O)[O-])c1ccc(Cl)cc1. The van der Waals surface area contributed by atoms with Crippen molar-refractivity contribution < 1.29 is 18.1 Å². The van der Waals surface area contributed by atoms with Gasteiger partial charge in [-0.05, 0) is 29.8 Å². The normalized spacial score (nSPS) is 12.6. The Morgan fingerprint density at radius 1 is 1.21 bits per heavy atom. The van der Waals surface area contributed by atoms with Gasteiger partial charge in [-0.15, -0.1) is 0 Å². The molecule has 1 aromatic heterocycles. The Morgan fingerprint density at radius 2 is 1.89 bits per heavy atom. The molecule has 0 amide bonds. The maximum Gasteiger partial charge on any atom is 0.416 e. The lowest BCUT2D eigenvalue weighted by atomic mass is 10.0. The molecule has 1 heterocycles. The third-order valence-corrected chi connectivity index (χ3v) is 4.39. The fourth-order valence-electron chi connectivity index (χ4n) is 2.74. The van der Waals surface area contributed by atoms with Gasteiger partial charge in [-0.25, -0.2) is 4.98 Å². The third-order valence-electron chi connectivity index (χ3n) is 4.14. The lowest BCUT2D eigenvalue weighted by molar-refractivity contribution is -0.384. The van der Waals surface area contributed by atoms with E-state index in [1.165, 1.54) is 0 Å². The van der Waals surface area contributed by atoms with Crippen LogP contribution in [-0.2, 0) is 13.2 Å². The summed E-state index contributed by atoms with van der Waals surface area (Å²) in [7, 11) is 1.74. The van der Waals surface area contributed by atoms with E-state index in [0.29, 0.717) is 22.5 Å². The highest BCUT2D eigenvalue weighted by molar-refractivity contribution is 6.30. The zero-order valence-electron chi connectivity index (χ0n) is 14.4. The largest absolute Gasteiger partial charge is 0.416 e. The molecule has 0 aliphatic heterocycles. The fraction of sp³-hybridized carbons (Fsp3) is 0.167. The molecule has 3 rings (SSSR count). The van der Waals surface area contributed by atoms with Crippen LogP contribution in [-0.4, -0.2) is 14.5 Å². The number of benzene rings is 2. The van der Waals surface area contributed by atoms with Crippen LogP contribution < -0.4 is 5.32 Å². The molecule has 0 saturated carbocycles. The van der Waals surface area contributed by atoms with E-state index in [4.69, 9.17) is 11.6 Å². The van der Waals surface area contributed by atoms with Crippen molar-refractivity contribution in [3.05, 3.63) is 86.9 Å². The van der Waals surface area contributed by atoms with Gasteiger partial charge in [0.2, 0.25) is 0 Å². The number of alkyl halides is 3. The summed E-state index contributed by atoms with van der Waals surface area (Å²) in [5.41, 5.74) is -1.14. The summed E-state index contributed by atoms with van der Waals surface area (Å²) < 4.78 is 40.5. The highest BCUT2D eigenvalue weighted by Gasteiger charge is 2.33. The van der Waals surface area contributed by atoms with Crippen molar-refractivity contribution >= 4 is 23.0 Å². The third kappa shape index (κ3) is 4.09. The number of imidazole rings is 1. The van der Waals surface area contributed by atoms with Crippen LogP contribution in [0, 0.1) is 10.1 Å². The molecule has 28 heavy (non-hydrogen) atoms. The van der Waals surface area contributed by atoms with E-state index >= 15 is 0 Å². The summed E-state index contributed by atoms with van der Waals surface area (Å²) in [6.45, 7) is 0. The number of nitrogens with one attached hydrogen (secondary N) is 1. The van der Waals surface area contributed by atoms with Crippen LogP contribution in [0.1, 0.15) is 23.0 Å². The summed E-state index contributed by atoms with van der Waals surface area (Å²) in [5.74, 6) is 0.525. The second kappa shape index (κ2) is 7.51. The summed E-state index contributed by atoms with van der Waals surface area (Å²) >= 11 is 5.92. The van der Waals surface area contributed by atoms with E-state index in [1.54, 1.807) is 48.3 Å². The minimum atomic E-state index is -4.68. The van der Waals surface area contributed by atoms with Gasteiger partial charge in [0, 0.05) is 30.5 Å². The molecular formula is C18H14ClF3N4O2. The average molecular weight is 411 g/mol. The maximum atomic E-state index is 12.9. The number of hydrogen-bond donors (Lipinski definition) is 1. The molecular weight excluding hydrogens is 397 g/mol. The van der Waals surface area contributed by atoms with E-state index in [2.05, 4.69) is 10.3 Å². The number of nitro benzene ring substituents is 1. The molecule has 0 bridgehead atoms. The van der Waals surface area contributed by atoms with Gasteiger partial charge >= 0.3 is 6.18 Å². The van der Waals surface area contributed by atoms with Crippen LogP contribution in [0.25, 0.3) is 0 Å². The Bertz CT molecular complexity index is 1000. The molecule has 3 aromatic rings. The van der Waals surface area contributed by atoms with E-state index in [-0.39, 0.29) is 5.69 Å². The van der Waals surface area contributed by atoms with Gasteiger partial charge in [-0.1, -0.05) is 23.7 Å². The molecule has 1 atom stereocenters. The quantitative estimate of drug-likeness (QED) is 0.463. The van der Waals surface area contributed by atoms with Crippen molar-refractivity contribution in [2.45, 2.75) is 12.2 Å². The van der Waals surface area contributed by atoms with Gasteiger partial charge in [0.15, 0.2) is 0 Å². The molecule has 0 aliphatic carbocycles. The maximum absolute atomic E-state index is 12.9. The highest BCUT2D eigenvalue weighted by Crippen LogP contribution is 2.37. The molecule has 0 saturated heterocycles. The zero-order valence-corrected chi connectivity index (χ0v) is 15.2. The van der Waals surface area contributed by atoms with Crippen molar-refractivity contribution in [2.75, 3.05) is 5.32 Å². The number of aromatic nitrogens is 2. The standard InChI is InChI=1S/C18H14ClF3N4O2/c1-25-9-8-23-17(25)16(11-2-5-13(19)6-3-11)24-14-7-4-12(18(20,21)22)10-15(14)26(27)28/h2-10,16,24H,1H3/t16-/m1/s1. The van der Waals surface area contributed by atoms with Gasteiger partial charge in [0.1, 0.15) is 17.6 Å². The molecule has 10 heteroatoms. The van der Waals surface area contributed by atoms with Gasteiger partial charge in [-0.3, -0.25) is 10.1 Å². The van der Waals surface area contributed by atoms with Crippen molar-refractivity contribution in [1.29, 1.82) is 0 Å². The molecule has 6 nitrogen and oxygen atoms in total. The first-order valence-electron chi connectivity index (χ1n) is 8.01. The fourth-order valence-corrected chi connectivity index (χ4v) is 2.87. The van der Waals surface area contributed by atoms with Crippen molar-refractivity contribution in [3.63, 3.8) is 0 Å². The molecule has 0 radical (unpaired) electrons. The lowest BCUT2D eigenvalue weighted by Crippen LogP contribution is -2.18. The summed E-state index contributed by atoms with van der Waals surface area (Å²) in [6, 6.07) is 8.44. The van der Waals surface area contributed by atoms with E-state index in [1.807, 2.05) is 0 Å². The van der Waals surface area contributed by atoms with Crippen molar-refractivity contribution in [1.82, 2.24) is 9.55 Å². The second-order valence-corrected chi connectivity index (χ2v) is 6.45. The summed E-state index contributed by atoms with van der Waals surface area (Å²) in [4.78, 5) is 14.8. The Hall–Kier alpha value is -3.07. The molecule has 1 N–H and O–H groups in total. The number of rotatable bonds is 5. The minimum Gasteiger partial charge on any atom is -0.366 e. The predicted octanol–water partition coefficient (Wildman–Crippen LogP) is 5.20. The molecule has 2 aromatic carbocycles. The number of nitrogens with zero attached hydrogens (tertiary/aromatic N) is 3. The Labute approximate surface area is 162 Å². The first-order valence-corrected chi connectivity index (χ1v) is 8.39. The van der Waals surface area contributed by atoms with Crippen LogP contribution >= 0.6 is 11.6 Å². The first kappa shape index (κ1) is 19.7. The van der Waals surface area contributed by atoms with E-state index in [0.717, 1.165) is 12.1 Å². The molecule has 146 valence electrons. The zero-order chi connectivity index (χ0) is 20.5. The summed E-state index contributed by atoms with van der Waals surface area (Å²) in [6.07, 6.45) is -1.43. The molecule has 0 spiro atoms.